The summed E-state index contributed by atoms with van der Waals surface area (Å²) in [5.74, 6) is 0.0566. The number of nitrogens with one attached hydrogen (secondary N) is 2. The molecule has 0 saturated carbocycles. The molecule has 1 aromatic heterocycles. The number of aromatic nitrogens is 1. The van der Waals surface area contributed by atoms with E-state index in [1.807, 2.05) is 0 Å². The van der Waals surface area contributed by atoms with Gasteiger partial charge in [-0.25, -0.2) is 14.2 Å². The number of aliphatic hydroxyl groups is 1. The van der Waals surface area contributed by atoms with Crippen LogP contribution in [-0.4, -0.2) is 42.5 Å². The van der Waals surface area contributed by atoms with Gasteiger partial charge in [-0.1, -0.05) is 0 Å². The van der Waals surface area contributed by atoms with Crippen LogP contribution in [0.2, 0.25) is 0 Å². The Kier molecular flexibility index (Phi) is 5.46. The van der Waals surface area contributed by atoms with Crippen LogP contribution in [0.25, 0.3) is 22.6 Å². The molecule has 0 aliphatic carbocycles. The Hall–Kier alpha value is -2.97. The zero-order valence-corrected chi connectivity index (χ0v) is 15.8. The van der Waals surface area contributed by atoms with Gasteiger partial charge in [0, 0.05) is 42.5 Å². The zero-order chi connectivity index (χ0) is 20.3. The van der Waals surface area contributed by atoms with Crippen LogP contribution >= 0.6 is 0 Å². The van der Waals surface area contributed by atoms with Gasteiger partial charge < -0.3 is 24.9 Å². The van der Waals surface area contributed by atoms with E-state index >= 15 is 0 Å². The number of oxazole rings is 1. The van der Waals surface area contributed by atoms with Crippen molar-refractivity contribution in [3.05, 3.63) is 48.3 Å². The van der Waals surface area contributed by atoms with Gasteiger partial charge in [0.05, 0.1) is 6.61 Å². The van der Waals surface area contributed by atoms with Crippen molar-refractivity contribution in [1.82, 2.24) is 10.3 Å². The molecule has 1 atom stereocenters. The molecule has 1 aliphatic rings. The van der Waals surface area contributed by atoms with Gasteiger partial charge in [0.2, 0.25) is 5.89 Å². The number of benzene rings is 2. The number of nitrogens with zero attached hydrogens (tertiary/aromatic N) is 1. The fraction of sp³-hybridized carbons (Fsp3) is 0.333. The molecule has 1 fully saturated rings. The number of fused-ring (bicyclic) bond motifs is 1. The Morgan fingerprint density at radius 2 is 2.07 bits per heavy atom. The van der Waals surface area contributed by atoms with Crippen LogP contribution in [0.3, 0.4) is 0 Å². The van der Waals surface area contributed by atoms with E-state index < -0.39 is 0 Å². The topological polar surface area (TPSA) is 96.6 Å². The van der Waals surface area contributed by atoms with E-state index in [4.69, 9.17) is 9.15 Å². The molecule has 2 amide bonds. The molecule has 0 bridgehead atoms. The fourth-order valence-corrected chi connectivity index (χ4v) is 3.47. The maximum atomic E-state index is 13.1. The number of rotatable bonds is 6. The minimum atomic E-state index is -0.341. The maximum absolute atomic E-state index is 13.1. The Labute approximate surface area is 166 Å². The molecule has 3 aromatic rings. The standard InChI is InChI=1S/C21H22FN3O4/c22-15-3-1-14(2-4-15)19-25-17-6-5-16(11-18(17)29-19)24-20(27)23-12-21(7-9-26)8-10-28-13-21/h1-6,11,26H,7-10,12-13H2,(H2,23,24,27). The first kappa shape index (κ1) is 19.4. The van der Waals surface area contributed by atoms with Crippen LogP contribution in [-0.2, 0) is 4.74 Å². The van der Waals surface area contributed by atoms with Gasteiger partial charge in [-0.05, 0) is 49.2 Å². The third kappa shape index (κ3) is 4.38. The summed E-state index contributed by atoms with van der Waals surface area (Å²) >= 11 is 0. The number of amides is 2. The van der Waals surface area contributed by atoms with E-state index in [9.17, 15) is 14.3 Å². The smallest absolute Gasteiger partial charge is 0.319 e. The van der Waals surface area contributed by atoms with Crippen LogP contribution in [0.5, 0.6) is 0 Å². The van der Waals surface area contributed by atoms with Crippen molar-refractivity contribution < 1.29 is 23.4 Å². The molecular formula is C21H22FN3O4. The maximum Gasteiger partial charge on any atom is 0.319 e. The number of carbonyl (C=O) groups excluding carboxylic acids is 1. The predicted octanol–water partition coefficient (Wildman–Crippen LogP) is 3.54. The van der Waals surface area contributed by atoms with Gasteiger partial charge in [0.25, 0.3) is 0 Å². The molecule has 29 heavy (non-hydrogen) atoms. The van der Waals surface area contributed by atoms with Gasteiger partial charge in [-0.2, -0.15) is 0 Å². The molecule has 0 radical (unpaired) electrons. The molecule has 152 valence electrons. The number of aliphatic hydroxyl groups excluding tert-OH is 1. The summed E-state index contributed by atoms with van der Waals surface area (Å²) in [5, 5.41) is 14.9. The van der Waals surface area contributed by atoms with E-state index in [1.54, 1.807) is 30.3 Å². The molecule has 1 saturated heterocycles. The summed E-state index contributed by atoms with van der Waals surface area (Å²) in [7, 11) is 0. The summed E-state index contributed by atoms with van der Waals surface area (Å²) < 4.78 is 24.3. The van der Waals surface area contributed by atoms with Crippen LogP contribution in [0, 0.1) is 11.2 Å². The average Bonchev–Trinajstić information content (AvgIpc) is 3.34. The number of halogens is 1. The minimum absolute atomic E-state index is 0.0607. The van der Waals surface area contributed by atoms with Crippen molar-refractivity contribution >= 4 is 22.8 Å². The number of anilines is 1. The zero-order valence-electron chi connectivity index (χ0n) is 15.8. The van der Waals surface area contributed by atoms with E-state index in [2.05, 4.69) is 15.6 Å². The normalized spacial score (nSPS) is 18.8. The van der Waals surface area contributed by atoms with Crippen molar-refractivity contribution in [2.75, 3.05) is 31.7 Å². The molecular weight excluding hydrogens is 377 g/mol. The lowest BCUT2D eigenvalue weighted by Gasteiger charge is -2.26. The highest BCUT2D eigenvalue weighted by Gasteiger charge is 2.34. The first-order valence-electron chi connectivity index (χ1n) is 9.47. The molecule has 0 spiro atoms. The molecule has 3 N–H and O–H groups in total. The van der Waals surface area contributed by atoms with E-state index in [-0.39, 0.29) is 23.9 Å². The van der Waals surface area contributed by atoms with Gasteiger partial charge >= 0.3 is 6.03 Å². The molecule has 4 rings (SSSR count). The highest BCUT2D eigenvalue weighted by atomic mass is 19.1. The minimum Gasteiger partial charge on any atom is -0.436 e. The molecule has 2 heterocycles. The van der Waals surface area contributed by atoms with Gasteiger partial charge in [-0.15, -0.1) is 0 Å². The first-order valence-corrected chi connectivity index (χ1v) is 9.47. The number of urea groups is 1. The molecule has 2 aromatic carbocycles. The van der Waals surface area contributed by atoms with E-state index in [1.165, 1.54) is 12.1 Å². The largest absolute Gasteiger partial charge is 0.436 e. The summed E-state index contributed by atoms with van der Waals surface area (Å²) in [6, 6.07) is 10.7. The molecule has 1 aliphatic heterocycles. The average molecular weight is 399 g/mol. The van der Waals surface area contributed by atoms with Crippen molar-refractivity contribution in [3.63, 3.8) is 0 Å². The third-order valence-corrected chi connectivity index (χ3v) is 5.19. The summed E-state index contributed by atoms with van der Waals surface area (Å²) in [6.45, 7) is 1.66. The van der Waals surface area contributed by atoms with E-state index in [0.717, 1.165) is 6.42 Å². The quantitative estimate of drug-likeness (QED) is 0.589. The highest BCUT2D eigenvalue weighted by Crippen LogP contribution is 2.31. The molecule has 8 heteroatoms. The van der Waals surface area contributed by atoms with Crippen molar-refractivity contribution in [3.8, 4) is 11.5 Å². The lowest BCUT2D eigenvalue weighted by Crippen LogP contribution is -2.40. The summed E-state index contributed by atoms with van der Waals surface area (Å²) in [4.78, 5) is 16.7. The van der Waals surface area contributed by atoms with Crippen LogP contribution in [0.15, 0.2) is 46.9 Å². The van der Waals surface area contributed by atoms with Crippen molar-refractivity contribution in [1.29, 1.82) is 0 Å². The Balaban J connectivity index is 1.42. The molecule has 7 nitrogen and oxygen atoms in total. The Morgan fingerprint density at radius 1 is 1.24 bits per heavy atom. The monoisotopic (exact) mass is 399 g/mol. The highest BCUT2D eigenvalue weighted by molar-refractivity contribution is 5.91. The SMILES string of the molecule is O=C(NCC1(CCO)CCOC1)Nc1ccc2nc(-c3ccc(F)cc3)oc2c1. The number of hydrogen-bond donors (Lipinski definition) is 3. The lowest BCUT2D eigenvalue weighted by molar-refractivity contribution is 0.126. The summed E-state index contributed by atoms with van der Waals surface area (Å²) in [6.07, 6.45) is 1.40. The van der Waals surface area contributed by atoms with Crippen molar-refractivity contribution in [2.24, 2.45) is 5.41 Å². The first-order chi connectivity index (χ1) is 14.1. The predicted molar refractivity (Wildman–Crippen MR) is 106 cm³/mol. The van der Waals surface area contributed by atoms with Crippen LogP contribution in [0.1, 0.15) is 12.8 Å². The van der Waals surface area contributed by atoms with Gasteiger partial charge in [0.1, 0.15) is 11.3 Å². The summed E-state index contributed by atoms with van der Waals surface area (Å²) in [5.41, 5.74) is 2.17. The fourth-order valence-electron chi connectivity index (χ4n) is 3.47. The number of ether oxygens (including phenoxy) is 1. The van der Waals surface area contributed by atoms with Crippen LogP contribution < -0.4 is 10.6 Å². The van der Waals surface area contributed by atoms with Crippen LogP contribution in [0.4, 0.5) is 14.9 Å². The van der Waals surface area contributed by atoms with Gasteiger partial charge in [-0.3, -0.25) is 0 Å². The second kappa shape index (κ2) is 8.18. The van der Waals surface area contributed by atoms with Gasteiger partial charge in [0.15, 0.2) is 5.58 Å². The Morgan fingerprint density at radius 3 is 2.79 bits per heavy atom. The Bertz CT molecular complexity index is 997. The second-order valence-electron chi connectivity index (χ2n) is 7.29. The van der Waals surface area contributed by atoms with Crippen molar-refractivity contribution in [2.45, 2.75) is 12.8 Å². The number of hydrogen-bond acceptors (Lipinski definition) is 5. The lowest BCUT2D eigenvalue weighted by atomic mass is 9.84. The molecule has 1 unspecified atom stereocenters. The van der Waals surface area contributed by atoms with E-state index in [0.29, 0.717) is 54.4 Å². The second-order valence-corrected chi connectivity index (χ2v) is 7.29. The number of carbonyl (C=O) groups is 1. The third-order valence-electron chi connectivity index (χ3n) is 5.19.